The molecule has 0 aliphatic rings. The van der Waals surface area contributed by atoms with Crippen LogP contribution >= 0.6 is 11.6 Å². The summed E-state index contributed by atoms with van der Waals surface area (Å²) in [4.78, 5) is 14.1. The van der Waals surface area contributed by atoms with Crippen LogP contribution in [0.5, 0.6) is 11.6 Å². The van der Waals surface area contributed by atoms with Crippen molar-refractivity contribution >= 4 is 17.3 Å². The number of aromatic nitrogens is 1. The number of rotatable bonds is 3. The minimum absolute atomic E-state index is 0.0693. The van der Waals surface area contributed by atoms with Gasteiger partial charge in [-0.2, -0.15) is 0 Å². The highest BCUT2D eigenvalue weighted by molar-refractivity contribution is 6.32. The van der Waals surface area contributed by atoms with Crippen LogP contribution in [0.2, 0.25) is 5.02 Å². The Morgan fingerprint density at radius 1 is 1.32 bits per heavy atom. The second-order valence-corrected chi connectivity index (χ2v) is 4.52. The van der Waals surface area contributed by atoms with E-state index < -0.39 is 4.92 Å². The number of nitro groups is 1. The number of aryl methyl sites for hydroxylation is 2. The fraction of sp³-hybridized carbons (Fsp3) is 0.154. The molecule has 0 atom stereocenters. The van der Waals surface area contributed by atoms with Gasteiger partial charge in [0.2, 0.25) is 5.88 Å². The van der Waals surface area contributed by atoms with Crippen molar-refractivity contribution in [2.45, 2.75) is 13.8 Å². The van der Waals surface area contributed by atoms with Crippen LogP contribution in [-0.4, -0.2) is 9.91 Å². The lowest BCUT2D eigenvalue weighted by Crippen LogP contribution is -1.95. The van der Waals surface area contributed by atoms with Crippen LogP contribution in [0, 0.1) is 24.0 Å². The second-order valence-electron chi connectivity index (χ2n) is 4.11. The lowest BCUT2D eigenvalue weighted by Gasteiger charge is -2.09. The summed E-state index contributed by atoms with van der Waals surface area (Å²) in [6.07, 6.45) is 1.16. The summed E-state index contributed by atoms with van der Waals surface area (Å²) < 4.78 is 5.59. The summed E-state index contributed by atoms with van der Waals surface area (Å²) in [5, 5.41) is 11.1. The molecular formula is C13H11ClN2O3. The van der Waals surface area contributed by atoms with Gasteiger partial charge in [-0.3, -0.25) is 10.1 Å². The molecule has 19 heavy (non-hydrogen) atoms. The Balaban J connectivity index is 2.33. The van der Waals surface area contributed by atoms with E-state index in [1.807, 2.05) is 13.0 Å². The van der Waals surface area contributed by atoms with Crippen LogP contribution in [0.1, 0.15) is 11.1 Å². The highest BCUT2D eigenvalue weighted by Gasteiger charge is 2.12. The molecule has 0 unspecified atom stereocenters. The van der Waals surface area contributed by atoms with E-state index in [2.05, 4.69) is 4.98 Å². The molecule has 0 amide bonds. The van der Waals surface area contributed by atoms with Crippen LogP contribution in [0.15, 0.2) is 30.5 Å². The predicted molar refractivity (Wildman–Crippen MR) is 71.9 cm³/mol. The first-order chi connectivity index (χ1) is 8.97. The largest absolute Gasteiger partial charge is 0.437 e. The van der Waals surface area contributed by atoms with E-state index in [0.29, 0.717) is 22.2 Å². The Morgan fingerprint density at radius 3 is 2.68 bits per heavy atom. The third-order valence-electron chi connectivity index (χ3n) is 2.52. The SMILES string of the molecule is Cc1ccc(Cl)c(Oc2ncc([N+](=O)[O-])cc2C)c1. The molecule has 0 saturated carbocycles. The standard InChI is InChI=1S/C13H11ClN2O3/c1-8-3-4-11(14)12(5-8)19-13-9(2)6-10(7-15-13)16(17)18/h3-7H,1-2H3. The molecule has 0 bridgehead atoms. The molecule has 0 spiro atoms. The summed E-state index contributed by atoms with van der Waals surface area (Å²) in [5.41, 5.74) is 1.51. The van der Waals surface area contributed by atoms with Gasteiger partial charge in [-0.15, -0.1) is 0 Å². The Kier molecular flexibility index (Phi) is 3.66. The molecule has 0 N–H and O–H groups in total. The van der Waals surface area contributed by atoms with Gasteiger partial charge in [0.1, 0.15) is 11.9 Å². The second kappa shape index (κ2) is 5.24. The van der Waals surface area contributed by atoms with Crippen molar-refractivity contribution in [2.75, 3.05) is 0 Å². The Morgan fingerprint density at radius 2 is 2.05 bits per heavy atom. The number of pyridine rings is 1. The lowest BCUT2D eigenvalue weighted by molar-refractivity contribution is -0.385. The number of ether oxygens (including phenoxy) is 1. The van der Waals surface area contributed by atoms with Gasteiger partial charge in [-0.25, -0.2) is 4.98 Å². The van der Waals surface area contributed by atoms with Crippen molar-refractivity contribution in [3.05, 3.63) is 56.7 Å². The van der Waals surface area contributed by atoms with Crippen molar-refractivity contribution < 1.29 is 9.66 Å². The third kappa shape index (κ3) is 3.00. The molecule has 2 rings (SSSR count). The molecule has 1 aromatic carbocycles. The normalized spacial score (nSPS) is 10.3. The molecule has 2 aromatic rings. The first kappa shape index (κ1) is 13.3. The monoisotopic (exact) mass is 278 g/mol. The highest BCUT2D eigenvalue weighted by atomic mass is 35.5. The van der Waals surface area contributed by atoms with Gasteiger partial charge >= 0.3 is 0 Å². The van der Waals surface area contributed by atoms with Crippen molar-refractivity contribution in [2.24, 2.45) is 0 Å². The first-order valence-electron chi connectivity index (χ1n) is 5.52. The zero-order valence-corrected chi connectivity index (χ0v) is 11.1. The molecule has 0 fully saturated rings. The minimum atomic E-state index is -0.497. The van der Waals surface area contributed by atoms with E-state index in [4.69, 9.17) is 16.3 Å². The van der Waals surface area contributed by atoms with E-state index in [-0.39, 0.29) is 5.69 Å². The Labute approximate surface area is 115 Å². The van der Waals surface area contributed by atoms with E-state index in [9.17, 15) is 10.1 Å². The van der Waals surface area contributed by atoms with Gasteiger partial charge in [0, 0.05) is 11.6 Å². The van der Waals surface area contributed by atoms with Gasteiger partial charge in [0.25, 0.3) is 5.69 Å². The summed E-state index contributed by atoms with van der Waals surface area (Å²) in [6.45, 7) is 3.61. The van der Waals surface area contributed by atoms with Crippen LogP contribution < -0.4 is 4.74 Å². The molecule has 5 nitrogen and oxygen atoms in total. The molecular weight excluding hydrogens is 268 g/mol. The van der Waals surface area contributed by atoms with Gasteiger partial charge < -0.3 is 4.74 Å². The predicted octanol–water partition coefficient (Wildman–Crippen LogP) is 4.05. The summed E-state index contributed by atoms with van der Waals surface area (Å²) in [7, 11) is 0. The van der Waals surface area contributed by atoms with E-state index in [1.165, 1.54) is 6.07 Å². The summed E-state index contributed by atoms with van der Waals surface area (Å²) >= 11 is 6.02. The van der Waals surface area contributed by atoms with Crippen LogP contribution in [0.4, 0.5) is 5.69 Å². The minimum Gasteiger partial charge on any atom is -0.437 e. The van der Waals surface area contributed by atoms with Crippen molar-refractivity contribution in [3.8, 4) is 11.6 Å². The van der Waals surface area contributed by atoms with Crippen LogP contribution in [0.25, 0.3) is 0 Å². The number of hydrogen-bond acceptors (Lipinski definition) is 4. The highest BCUT2D eigenvalue weighted by Crippen LogP contribution is 2.31. The third-order valence-corrected chi connectivity index (χ3v) is 2.83. The van der Waals surface area contributed by atoms with Gasteiger partial charge in [-0.1, -0.05) is 17.7 Å². The molecule has 0 saturated heterocycles. The number of benzene rings is 1. The van der Waals surface area contributed by atoms with E-state index in [1.54, 1.807) is 19.1 Å². The topological polar surface area (TPSA) is 65.3 Å². The van der Waals surface area contributed by atoms with Crippen LogP contribution in [-0.2, 0) is 0 Å². The average Bonchev–Trinajstić information content (AvgIpc) is 2.36. The Hall–Kier alpha value is -2.14. The zero-order valence-electron chi connectivity index (χ0n) is 10.4. The first-order valence-corrected chi connectivity index (χ1v) is 5.90. The molecule has 0 radical (unpaired) electrons. The molecule has 0 aliphatic carbocycles. The smallest absolute Gasteiger partial charge is 0.288 e. The Bertz CT molecular complexity index is 644. The fourth-order valence-electron chi connectivity index (χ4n) is 1.55. The average molecular weight is 279 g/mol. The number of halogens is 1. The maximum atomic E-state index is 10.6. The number of nitrogens with zero attached hydrogens (tertiary/aromatic N) is 2. The molecule has 1 aromatic heterocycles. The van der Waals surface area contributed by atoms with Gasteiger partial charge in [0.15, 0.2) is 0 Å². The van der Waals surface area contributed by atoms with Gasteiger partial charge in [-0.05, 0) is 31.5 Å². The zero-order chi connectivity index (χ0) is 14.0. The van der Waals surface area contributed by atoms with E-state index >= 15 is 0 Å². The summed E-state index contributed by atoms with van der Waals surface area (Å²) in [5.74, 6) is 0.782. The maximum Gasteiger partial charge on any atom is 0.288 e. The van der Waals surface area contributed by atoms with Crippen LogP contribution in [0.3, 0.4) is 0 Å². The van der Waals surface area contributed by atoms with Crippen molar-refractivity contribution in [1.29, 1.82) is 0 Å². The lowest BCUT2D eigenvalue weighted by atomic mass is 10.2. The quantitative estimate of drug-likeness (QED) is 0.627. The molecule has 0 aliphatic heterocycles. The molecule has 98 valence electrons. The maximum absolute atomic E-state index is 10.6. The number of hydrogen-bond donors (Lipinski definition) is 0. The fourth-order valence-corrected chi connectivity index (χ4v) is 1.70. The molecule has 6 heteroatoms. The molecule has 1 heterocycles. The van der Waals surface area contributed by atoms with E-state index in [0.717, 1.165) is 11.8 Å². The van der Waals surface area contributed by atoms with Crippen molar-refractivity contribution in [1.82, 2.24) is 4.98 Å². The summed E-state index contributed by atoms with van der Waals surface area (Å²) in [6, 6.07) is 6.79. The van der Waals surface area contributed by atoms with Crippen molar-refractivity contribution in [3.63, 3.8) is 0 Å². The van der Waals surface area contributed by atoms with Gasteiger partial charge in [0.05, 0.1) is 9.95 Å².